The predicted octanol–water partition coefficient (Wildman–Crippen LogP) is -0.791. The molecular formula is C10H17N3. The first-order chi connectivity index (χ1) is 6.40. The maximum Gasteiger partial charge on any atom is 0.0600 e. The van der Waals surface area contributed by atoms with Crippen molar-refractivity contribution >= 4 is 0 Å². The third-order valence-corrected chi connectivity index (χ3v) is 2.92. The largest absolute Gasteiger partial charge is 0.314 e. The first-order valence-corrected chi connectivity index (χ1v) is 5.01. The molecule has 0 atom stereocenters. The zero-order valence-corrected chi connectivity index (χ0v) is 8.00. The summed E-state index contributed by atoms with van der Waals surface area (Å²) in [7, 11) is 0. The molecule has 0 radical (unpaired) electrons. The van der Waals surface area contributed by atoms with Gasteiger partial charge in [-0.05, 0) is 0 Å². The Labute approximate surface area is 80.1 Å². The summed E-state index contributed by atoms with van der Waals surface area (Å²) in [5.41, 5.74) is 0. The molecule has 1 N–H and O–H groups in total. The van der Waals surface area contributed by atoms with Crippen LogP contribution >= 0.6 is 0 Å². The van der Waals surface area contributed by atoms with E-state index < -0.39 is 0 Å². The second-order valence-electron chi connectivity index (χ2n) is 3.84. The number of terminal acetylenes is 1. The molecule has 0 spiro atoms. The van der Waals surface area contributed by atoms with Crippen molar-refractivity contribution in [2.75, 3.05) is 45.8 Å². The third kappa shape index (κ3) is 2.02. The Balaban J connectivity index is 1.70. The van der Waals surface area contributed by atoms with Gasteiger partial charge in [-0.1, -0.05) is 5.92 Å². The standard InChI is InChI=1S/C10H17N3/c1-2-5-12-8-10(9-12)13-6-3-11-4-7-13/h1,10-11H,3-9H2. The van der Waals surface area contributed by atoms with Crippen LogP contribution in [0.25, 0.3) is 0 Å². The van der Waals surface area contributed by atoms with Crippen molar-refractivity contribution in [2.24, 2.45) is 0 Å². The van der Waals surface area contributed by atoms with Crippen LogP contribution in [-0.2, 0) is 0 Å². The minimum atomic E-state index is 0.774. The molecule has 2 aliphatic rings. The smallest absolute Gasteiger partial charge is 0.0600 e. The zero-order chi connectivity index (χ0) is 9.10. The third-order valence-electron chi connectivity index (χ3n) is 2.92. The maximum absolute atomic E-state index is 5.25. The van der Waals surface area contributed by atoms with E-state index in [9.17, 15) is 0 Å². The summed E-state index contributed by atoms with van der Waals surface area (Å²) in [5.74, 6) is 2.69. The van der Waals surface area contributed by atoms with E-state index >= 15 is 0 Å². The van der Waals surface area contributed by atoms with E-state index in [1.807, 2.05) is 0 Å². The van der Waals surface area contributed by atoms with Gasteiger partial charge >= 0.3 is 0 Å². The predicted molar refractivity (Wildman–Crippen MR) is 53.5 cm³/mol. The Kier molecular flexibility index (Phi) is 2.84. The summed E-state index contributed by atoms with van der Waals surface area (Å²) in [6, 6.07) is 0.774. The van der Waals surface area contributed by atoms with E-state index in [0.717, 1.165) is 25.7 Å². The number of nitrogens with one attached hydrogen (secondary N) is 1. The van der Waals surface area contributed by atoms with Crippen LogP contribution in [0.3, 0.4) is 0 Å². The van der Waals surface area contributed by atoms with Crippen molar-refractivity contribution in [2.45, 2.75) is 6.04 Å². The van der Waals surface area contributed by atoms with Crippen LogP contribution in [0.1, 0.15) is 0 Å². The summed E-state index contributed by atoms with van der Waals surface area (Å²) in [4.78, 5) is 4.90. The van der Waals surface area contributed by atoms with Crippen molar-refractivity contribution in [3.63, 3.8) is 0 Å². The van der Waals surface area contributed by atoms with Crippen molar-refractivity contribution in [1.29, 1.82) is 0 Å². The summed E-state index contributed by atoms with van der Waals surface area (Å²) in [5, 5.41) is 3.37. The Morgan fingerprint density at radius 2 is 2.00 bits per heavy atom. The topological polar surface area (TPSA) is 18.5 Å². The van der Waals surface area contributed by atoms with Crippen molar-refractivity contribution in [3.05, 3.63) is 0 Å². The normalized spacial score (nSPS) is 26.7. The first-order valence-electron chi connectivity index (χ1n) is 5.01. The van der Waals surface area contributed by atoms with Gasteiger partial charge in [0.15, 0.2) is 0 Å². The number of nitrogens with zero attached hydrogens (tertiary/aromatic N) is 2. The molecule has 13 heavy (non-hydrogen) atoms. The summed E-state index contributed by atoms with van der Waals surface area (Å²) in [6.07, 6.45) is 5.25. The van der Waals surface area contributed by atoms with Crippen LogP contribution < -0.4 is 5.32 Å². The quantitative estimate of drug-likeness (QED) is 0.560. The number of hydrogen-bond donors (Lipinski definition) is 1. The molecule has 2 heterocycles. The molecule has 2 aliphatic heterocycles. The molecule has 2 fully saturated rings. The SMILES string of the molecule is C#CCN1CC(N2CCNCC2)C1. The van der Waals surface area contributed by atoms with Gasteiger partial charge < -0.3 is 5.32 Å². The van der Waals surface area contributed by atoms with Crippen LogP contribution in [0.2, 0.25) is 0 Å². The molecule has 0 bridgehead atoms. The molecule has 2 rings (SSSR count). The number of likely N-dealkylation sites (tertiary alicyclic amines) is 1. The van der Waals surface area contributed by atoms with Gasteiger partial charge in [-0.2, -0.15) is 0 Å². The van der Waals surface area contributed by atoms with E-state index in [4.69, 9.17) is 6.42 Å². The van der Waals surface area contributed by atoms with Gasteiger partial charge in [-0.15, -0.1) is 6.42 Å². The molecule has 0 saturated carbocycles. The Morgan fingerprint density at radius 3 is 2.62 bits per heavy atom. The Hall–Kier alpha value is -0.560. The average Bonchev–Trinajstić information content (AvgIpc) is 2.12. The lowest BCUT2D eigenvalue weighted by molar-refractivity contribution is 0.0363. The number of rotatable bonds is 2. The molecule has 0 aromatic carbocycles. The van der Waals surface area contributed by atoms with Crippen LogP contribution in [0.4, 0.5) is 0 Å². The molecule has 3 heteroatoms. The molecule has 2 saturated heterocycles. The highest BCUT2D eigenvalue weighted by molar-refractivity contribution is 4.96. The van der Waals surface area contributed by atoms with Gasteiger partial charge in [0, 0.05) is 45.3 Å². The fraction of sp³-hybridized carbons (Fsp3) is 0.800. The fourth-order valence-corrected chi connectivity index (χ4v) is 2.08. The van der Waals surface area contributed by atoms with Gasteiger partial charge in [-0.3, -0.25) is 9.80 Å². The van der Waals surface area contributed by atoms with Crippen molar-refractivity contribution < 1.29 is 0 Å². The maximum atomic E-state index is 5.25. The lowest BCUT2D eigenvalue weighted by Crippen LogP contribution is -2.62. The van der Waals surface area contributed by atoms with E-state index in [0.29, 0.717) is 0 Å². The lowest BCUT2D eigenvalue weighted by atomic mass is 10.1. The van der Waals surface area contributed by atoms with Gasteiger partial charge in [0.25, 0.3) is 0 Å². The fourth-order valence-electron chi connectivity index (χ4n) is 2.08. The minimum absolute atomic E-state index is 0.774. The monoisotopic (exact) mass is 179 g/mol. The van der Waals surface area contributed by atoms with Crippen LogP contribution in [0.15, 0.2) is 0 Å². The van der Waals surface area contributed by atoms with Crippen molar-refractivity contribution in [3.8, 4) is 12.3 Å². The van der Waals surface area contributed by atoms with Gasteiger partial charge in [0.05, 0.1) is 6.54 Å². The second kappa shape index (κ2) is 4.10. The van der Waals surface area contributed by atoms with Crippen LogP contribution in [0.5, 0.6) is 0 Å². The minimum Gasteiger partial charge on any atom is -0.314 e. The van der Waals surface area contributed by atoms with E-state index in [1.54, 1.807) is 0 Å². The average molecular weight is 179 g/mol. The highest BCUT2D eigenvalue weighted by Crippen LogP contribution is 2.14. The summed E-state index contributed by atoms with van der Waals surface area (Å²) < 4.78 is 0. The van der Waals surface area contributed by atoms with Crippen LogP contribution in [0, 0.1) is 12.3 Å². The number of piperazine rings is 1. The van der Waals surface area contributed by atoms with E-state index in [-0.39, 0.29) is 0 Å². The van der Waals surface area contributed by atoms with E-state index in [1.165, 1.54) is 26.2 Å². The van der Waals surface area contributed by atoms with E-state index in [2.05, 4.69) is 21.0 Å². The molecule has 0 aromatic rings. The second-order valence-corrected chi connectivity index (χ2v) is 3.84. The molecule has 0 amide bonds. The van der Waals surface area contributed by atoms with Gasteiger partial charge in [-0.25, -0.2) is 0 Å². The highest BCUT2D eigenvalue weighted by atomic mass is 15.3. The highest BCUT2D eigenvalue weighted by Gasteiger charge is 2.31. The summed E-state index contributed by atoms with van der Waals surface area (Å²) in [6.45, 7) is 7.86. The Bertz CT molecular complexity index is 197. The van der Waals surface area contributed by atoms with Gasteiger partial charge in [0.2, 0.25) is 0 Å². The molecule has 72 valence electrons. The number of hydrogen-bond acceptors (Lipinski definition) is 3. The molecular weight excluding hydrogens is 162 g/mol. The molecule has 0 unspecified atom stereocenters. The molecule has 0 aromatic heterocycles. The molecule has 3 nitrogen and oxygen atoms in total. The van der Waals surface area contributed by atoms with Crippen LogP contribution in [-0.4, -0.2) is 61.7 Å². The molecule has 0 aliphatic carbocycles. The first kappa shape index (κ1) is 9.01. The van der Waals surface area contributed by atoms with Crippen molar-refractivity contribution in [1.82, 2.24) is 15.1 Å². The lowest BCUT2D eigenvalue weighted by Gasteiger charge is -2.46. The Morgan fingerprint density at radius 1 is 1.31 bits per heavy atom. The summed E-state index contributed by atoms with van der Waals surface area (Å²) >= 11 is 0. The van der Waals surface area contributed by atoms with Gasteiger partial charge in [0.1, 0.15) is 0 Å². The zero-order valence-electron chi connectivity index (χ0n) is 8.00.